The van der Waals surface area contributed by atoms with Crippen molar-refractivity contribution in [2.45, 2.75) is 20.0 Å². The lowest BCUT2D eigenvalue weighted by Gasteiger charge is -2.05. The molecule has 0 radical (unpaired) electrons. The minimum atomic E-state index is -0.696. The van der Waals surface area contributed by atoms with Crippen LogP contribution >= 0.6 is 11.3 Å². The molecule has 1 aliphatic carbocycles. The molecule has 1 aromatic heterocycles. The summed E-state index contributed by atoms with van der Waals surface area (Å²) in [7, 11) is 0. The molecule has 1 N–H and O–H groups in total. The monoisotopic (exact) mass is 194 g/mol. The van der Waals surface area contributed by atoms with Gasteiger partial charge in [0.25, 0.3) is 0 Å². The van der Waals surface area contributed by atoms with Gasteiger partial charge in [-0.15, -0.1) is 11.3 Å². The third-order valence-electron chi connectivity index (χ3n) is 2.25. The van der Waals surface area contributed by atoms with E-state index in [-0.39, 0.29) is 5.78 Å². The Kier molecular flexibility index (Phi) is 1.86. The van der Waals surface area contributed by atoms with Crippen LogP contribution in [0.3, 0.4) is 0 Å². The standard InChI is InChI=1S/C10H10O2S/c1-5(2)7-8(11)6-3-4-13-10(6)9(7)12/h3-4,8,11H,1-2H3/t8-/m0/s1. The first-order chi connectivity index (χ1) is 6.13. The first-order valence-electron chi connectivity index (χ1n) is 4.10. The number of aliphatic hydroxyl groups is 1. The predicted octanol–water partition coefficient (Wildman–Crippen LogP) is 2.31. The summed E-state index contributed by atoms with van der Waals surface area (Å²) in [6.45, 7) is 3.71. The molecule has 0 saturated carbocycles. The van der Waals surface area contributed by atoms with Gasteiger partial charge in [-0.3, -0.25) is 4.79 Å². The fraction of sp³-hybridized carbons (Fsp3) is 0.300. The normalized spacial score (nSPS) is 20.7. The minimum absolute atomic E-state index is 0.00231. The topological polar surface area (TPSA) is 37.3 Å². The van der Waals surface area contributed by atoms with Crippen LogP contribution in [0, 0.1) is 0 Å². The Labute approximate surface area is 80.5 Å². The molecule has 1 atom stereocenters. The number of fused-ring (bicyclic) bond motifs is 1. The van der Waals surface area contributed by atoms with E-state index in [0.29, 0.717) is 10.5 Å². The number of allylic oxidation sites excluding steroid dienone is 1. The molecule has 0 spiro atoms. The van der Waals surface area contributed by atoms with Crippen molar-refractivity contribution in [3.63, 3.8) is 0 Å². The number of thiophene rings is 1. The average molecular weight is 194 g/mol. The number of hydrogen-bond acceptors (Lipinski definition) is 3. The lowest BCUT2D eigenvalue weighted by atomic mass is 10.1. The van der Waals surface area contributed by atoms with Crippen molar-refractivity contribution in [3.8, 4) is 0 Å². The van der Waals surface area contributed by atoms with Crippen molar-refractivity contribution in [1.82, 2.24) is 0 Å². The van der Waals surface area contributed by atoms with E-state index in [1.54, 1.807) is 0 Å². The Morgan fingerprint density at radius 3 is 2.77 bits per heavy atom. The second-order valence-electron chi connectivity index (χ2n) is 3.35. The second-order valence-corrected chi connectivity index (χ2v) is 4.27. The van der Waals surface area contributed by atoms with E-state index in [1.807, 2.05) is 25.3 Å². The summed E-state index contributed by atoms with van der Waals surface area (Å²) in [5, 5.41) is 11.6. The number of aliphatic hydroxyl groups excluding tert-OH is 1. The van der Waals surface area contributed by atoms with E-state index in [4.69, 9.17) is 0 Å². The maximum Gasteiger partial charge on any atom is 0.202 e. The van der Waals surface area contributed by atoms with Crippen molar-refractivity contribution in [1.29, 1.82) is 0 Å². The zero-order valence-electron chi connectivity index (χ0n) is 7.50. The van der Waals surface area contributed by atoms with E-state index in [1.165, 1.54) is 11.3 Å². The molecule has 1 heterocycles. The Morgan fingerprint density at radius 2 is 2.23 bits per heavy atom. The molecule has 2 rings (SSSR count). The van der Waals surface area contributed by atoms with Crippen LogP contribution in [0.4, 0.5) is 0 Å². The zero-order chi connectivity index (χ0) is 9.59. The maximum absolute atomic E-state index is 11.7. The number of hydrogen-bond donors (Lipinski definition) is 1. The molecule has 1 aromatic rings. The van der Waals surface area contributed by atoms with E-state index < -0.39 is 6.10 Å². The molecule has 3 heteroatoms. The van der Waals surface area contributed by atoms with E-state index in [0.717, 1.165) is 11.1 Å². The summed E-state index contributed by atoms with van der Waals surface area (Å²) in [6, 6.07) is 1.82. The summed E-state index contributed by atoms with van der Waals surface area (Å²) < 4.78 is 0. The summed E-state index contributed by atoms with van der Waals surface area (Å²) in [5.74, 6) is -0.00231. The van der Waals surface area contributed by atoms with Crippen LogP contribution in [0.25, 0.3) is 0 Å². The molecule has 0 aromatic carbocycles. The van der Waals surface area contributed by atoms with Crippen molar-refractivity contribution < 1.29 is 9.90 Å². The third kappa shape index (κ3) is 1.08. The van der Waals surface area contributed by atoms with Gasteiger partial charge >= 0.3 is 0 Å². The van der Waals surface area contributed by atoms with Gasteiger partial charge in [-0.2, -0.15) is 0 Å². The molecule has 0 aliphatic heterocycles. The highest BCUT2D eigenvalue weighted by atomic mass is 32.1. The van der Waals surface area contributed by atoms with Crippen LogP contribution in [0.5, 0.6) is 0 Å². The van der Waals surface area contributed by atoms with Gasteiger partial charge in [0.2, 0.25) is 5.78 Å². The Bertz CT molecular complexity index is 397. The summed E-state index contributed by atoms with van der Waals surface area (Å²) in [6.07, 6.45) is -0.696. The Morgan fingerprint density at radius 1 is 1.54 bits per heavy atom. The molecular formula is C10H10O2S. The molecule has 13 heavy (non-hydrogen) atoms. The highest BCUT2D eigenvalue weighted by Gasteiger charge is 2.34. The first-order valence-corrected chi connectivity index (χ1v) is 4.98. The highest BCUT2D eigenvalue weighted by molar-refractivity contribution is 7.12. The predicted molar refractivity (Wildman–Crippen MR) is 52.0 cm³/mol. The molecule has 1 aliphatic rings. The molecule has 0 bridgehead atoms. The number of ketones is 1. The van der Waals surface area contributed by atoms with Gasteiger partial charge in [-0.05, 0) is 25.3 Å². The Balaban J connectivity index is 2.62. The lowest BCUT2D eigenvalue weighted by Crippen LogP contribution is -2.01. The van der Waals surface area contributed by atoms with Gasteiger partial charge in [0.05, 0.1) is 4.88 Å². The first kappa shape index (κ1) is 8.66. The van der Waals surface area contributed by atoms with Crippen LogP contribution in [-0.2, 0) is 0 Å². The molecule has 2 nitrogen and oxygen atoms in total. The van der Waals surface area contributed by atoms with Crippen LogP contribution < -0.4 is 0 Å². The summed E-state index contributed by atoms with van der Waals surface area (Å²) >= 11 is 1.40. The Hall–Kier alpha value is -0.930. The van der Waals surface area contributed by atoms with Gasteiger partial charge < -0.3 is 5.11 Å². The van der Waals surface area contributed by atoms with Gasteiger partial charge in [0, 0.05) is 11.1 Å². The van der Waals surface area contributed by atoms with Gasteiger partial charge in [-0.25, -0.2) is 0 Å². The minimum Gasteiger partial charge on any atom is -0.383 e. The van der Waals surface area contributed by atoms with Crippen LogP contribution in [0.15, 0.2) is 22.6 Å². The molecule has 0 saturated heterocycles. The van der Waals surface area contributed by atoms with E-state index in [2.05, 4.69) is 0 Å². The number of rotatable bonds is 0. The molecule has 68 valence electrons. The maximum atomic E-state index is 11.7. The summed E-state index contributed by atoms with van der Waals surface area (Å²) in [5.41, 5.74) is 2.23. The lowest BCUT2D eigenvalue weighted by molar-refractivity contribution is 0.102. The van der Waals surface area contributed by atoms with Gasteiger partial charge in [0.1, 0.15) is 6.10 Å². The van der Waals surface area contributed by atoms with Crippen LogP contribution in [0.2, 0.25) is 0 Å². The fourth-order valence-corrected chi connectivity index (χ4v) is 2.50. The van der Waals surface area contributed by atoms with Crippen LogP contribution in [0.1, 0.15) is 35.2 Å². The van der Waals surface area contributed by atoms with Crippen molar-refractivity contribution >= 4 is 17.1 Å². The summed E-state index contributed by atoms with van der Waals surface area (Å²) in [4.78, 5) is 12.4. The highest BCUT2D eigenvalue weighted by Crippen LogP contribution is 2.39. The number of carbonyl (C=O) groups excluding carboxylic acids is 1. The zero-order valence-corrected chi connectivity index (χ0v) is 8.31. The smallest absolute Gasteiger partial charge is 0.202 e. The SMILES string of the molecule is CC(C)=C1C(=O)c2sccc2[C@@H]1O. The van der Waals surface area contributed by atoms with Gasteiger partial charge in [-0.1, -0.05) is 5.57 Å². The quantitative estimate of drug-likeness (QED) is 0.643. The van der Waals surface area contributed by atoms with E-state index >= 15 is 0 Å². The van der Waals surface area contributed by atoms with E-state index in [9.17, 15) is 9.90 Å². The molecule has 0 fully saturated rings. The molecule has 0 amide bonds. The van der Waals surface area contributed by atoms with Crippen molar-refractivity contribution in [3.05, 3.63) is 33.0 Å². The number of Topliss-reactive ketones (excluding diaryl/α,β-unsaturated/α-hetero) is 1. The fourth-order valence-electron chi connectivity index (χ4n) is 1.62. The molecular weight excluding hydrogens is 184 g/mol. The third-order valence-corrected chi connectivity index (χ3v) is 3.18. The number of carbonyl (C=O) groups is 1. The second kappa shape index (κ2) is 2.79. The van der Waals surface area contributed by atoms with Gasteiger partial charge in [0.15, 0.2) is 0 Å². The largest absolute Gasteiger partial charge is 0.383 e. The van der Waals surface area contributed by atoms with Crippen LogP contribution in [-0.4, -0.2) is 10.9 Å². The van der Waals surface area contributed by atoms with Crippen molar-refractivity contribution in [2.24, 2.45) is 0 Å². The average Bonchev–Trinajstić information content (AvgIpc) is 2.56. The molecule has 0 unspecified atom stereocenters. The van der Waals surface area contributed by atoms with Crippen molar-refractivity contribution in [2.75, 3.05) is 0 Å².